The maximum Gasteiger partial charge on any atom is 0.251 e. The number of carbonyl (C=O) groups excluding carboxylic acids is 1. The molecule has 0 atom stereocenters. The molecule has 1 aromatic carbocycles. The van der Waals surface area contributed by atoms with Gasteiger partial charge in [0.05, 0.1) is 0 Å². The fraction of sp³-hybridized carbons (Fsp3) is 0.438. The van der Waals surface area contributed by atoms with Crippen LogP contribution >= 0.6 is 0 Å². The summed E-state index contributed by atoms with van der Waals surface area (Å²) in [6, 6.07) is 7.53. The van der Waals surface area contributed by atoms with Crippen LogP contribution in [0.2, 0.25) is 0 Å². The van der Waals surface area contributed by atoms with Crippen LogP contribution in [0.5, 0.6) is 0 Å². The number of nitrogens with zero attached hydrogens (tertiary/aromatic N) is 1. The zero-order valence-corrected chi connectivity index (χ0v) is 11.4. The van der Waals surface area contributed by atoms with E-state index in [4.69, 9.17) is 0 Å². The first-order valence-corrected chi connectivity index (χ1v) is 7.02. The summed E-state index contributed by atoms with van der Waals surface area (Å²) in [6.07, 6.45) is 5.67. The van der Waals surface area contributed by atoms with Crippen molar-refractivity contribution in [1.82, 2.24) is 10.2 Å². The number of benzene rings is 1. The van der Waals surface area contributed by atoms with Crippen LogP contribution in [-0.4, -0.2) is 37.0 Å². The summed E-state index contributed by atoms with van der Waals surface area (Å²) in [7, 11) is 0. The van der Waals surface area contributed by atoms with Gasteiger partial charge < -0.3 is 10.2 Å². The molecule has 102 valence electrons. The van der Waals surface area contributed by atoms with Crippen molar-refractivity contribution in [3.8, 4) is 0 Å². The smallest absolute Gasteiger partial charge is 0.251 e. The third-order valence-electron chi connectivity index (χ3n) is 3.55. The number of carbonyl (C=O) groups is 1. The first-order chi connectivity index (χ1) is 9.29. The molecule has 0 unspecified atom stereocenters. The van der Waals surface area contributed by atoms with Crippen LogP contribution < -0.4 is 5.32 Å². The maximum absolute atomic E-state index is 12.0. The molecule has 0 spiro atoms. The van der Waals surface area contributed by atoms with Crippen molar-refractivity contribution in [2.45, 2.75) is 19.3 Å². The van der Waals surface area contributed by atoms with Crippen molar-refractivity contribution in [2.24, 2.45) is 0 Å². The number of likely N-dealkylation sites (tertiary alicyclic amines) is 1. The molecule has 1 aliphatic heterocycles. The third kappa shape index (κ3) is 4.21. The van der Waals surface area contributed by atoms with Crippen LogP contribution in [0, 0.1) is 0 Å². The molecule has 1 aromatic rings. The van der Waals surface area contributed by atoms with Crippen LogP contribution in [0.15, 0.2) is 30.8 Å². The van der Waals surface area contributed by atoms with E-state index in [-0.39, 0.29) is 5.91 Å². The largest absolute Gasteiger partial charge is 0.351 e. The highest BCUT2D eigenvalue weighted by Crippen LogP contribution is 2.08. The van der Waals surface area contributed by atoms with Gasteiger partial charge in [0, 0.05) is 18.7 Å². The first-order valence-electron chi connectivity index (χ1n) is 7.02. The van der Waals surface area contributed by atoms with Gasteiger partial charge in [-0.05, 0) is 43.6 Å². The van der Waals surface area contributed by atoms with E-state index in [0.717, 1.165) is 18.7 Å². The fourth-order valence-corrected chi connectivity index (χ4v) is 2.42. The minimum atomic E-state index is 0.000657. The molecule has 3 nitrogen and oxygen atoms in total. The summed E-state index contributed by atoms with van der Waals surface area (Å²) in [4.78, 5) is 14.4. The Morgan fingerprint density at radius 1 is 1.32 bits per heavy atom. The molecule has 0 aliphatic carbocycles. The van der Waals surface area contributed by atoms with Crippen LogP contribution in [0.25, 0.3) is 6.08 Å². The van der Waals surface area contributed by atoms with E-state index < -0.39 is 0 Å². The van der Waals surface area contributed by atoms with E-state index >= 15 is 0 Å². The summed E-state index contributed by atoms with van der Waals surface area (Å²) >= 11 is 0. The van der Waals surface area contributed by atoms with E-state index in [2.05, 4.69) is 16.8 Å². The van der Waals surface area contributed by atoms with E-state index in [9.17, 15) is 4.79 Å². The second kappa shape index (κ2) is 7.10. The highest BCUT2D eigenvalue weighted by atomic mass is 16.1. The number of rotatable bonds is 5. The molecule has 1 heterocycles. The molecule has 1 aliphatic rings. The van der Waals surface area contributed by atoms with Gasteiger partial charge in [-0.3, -0.25) is 4.79 Å². The monoisotopic (exact) mass is 258 g/mol. The van der Waals surface area contributed by atoms with Crippen molar-refractivity contribution >= 4 is 12.0 Å². The second-order valence-electron chi connectivity index (χ2n) is 4.99. The predicted octanol–water partition coefficient (Wildman–Crippen LogP) is 2.55. The molecule has 19 heavy (non-hydrogen) atoms. The van der Waals surface area contributed by atoms with Gasteiger partial charge >= 0.3 is 0 Å². The molecule has 0 radical (unpaired) electrons. The molecular weight excluding hydrogens is 236 g/mol. The maximum atomic E-state index is 12.0. The zero-order valence-electron chi connectivity index (χ0n) is 11.4. The van der Waals surface area contributed by atoms with E-state index in [1.54, 1.807) is 6.08 Å². The minimum absolute atomic E-state index is 0.000657. The first kappa shape index (κ1) is 13.8. The Balaban J connectivity index is 1.78. The van der Waals surface area contributed by atoms with Gasteiger partial charge in [0.1, 0.15) is 0 Å². The number of nitrogens with one attached hydrogen (secondary N) is 1. The summed E-state index contributed by atoms with van der Waals surface area (Å²) in [5.41, 5.74) is 1.68. The van der Waals surface area contributed by atoms with Crippen LogP contribution in [0.3, 0.4) is 0 Å². The molecule has 2 rings (SSSR count). The molecule has 1 fully saturated rings. The number of amides is 1. The Hall–Kier alpha value is -1.61. The van der Waals surface area contributed by atoms with E-state index in [0.29, 0.717) is 5.56 Å². The van der Waals surface area contributed by atoms with Crippen molar-refractivity contribution < 1.29 is 4.79 Å². The highest BCUT2D eigenvalue weighted by molar-refractivity contribution is 5.94. The van der Waals surface area contributed by atoms with E-state index in [1.807, 2.05) is 24.3 Å². The molecule has 0 saturated carbocycles. The van der Waals surface area contributed by atoms with Crippen LogP contribution in [-0.2, 0) is 0 Å². The third-order valence-corrected chi connectivity index (χ3v) is 3.55. The second-order valence-corrected chi connectivity index (χ2v) is 4.99. The standard InChI is InChI=1S/C16H22N2O/c1-2-14-7-6-8-15(13-14)16(19)17-9-12-18-10-4-3-5-11-18/h2,6-8,13H,1,3-5,9-12H2,(H,17,19). The van der Waals surface area contributed by atoms with Gasteiger partial charge in [0.15, 0.2) is 0 Å². The lowest BCUT2D eigenvalue weighted by atomic mass is 10.1. The molecular formula is C16H22N2O. The summed E-state index contributed by atoms with van der Waals surface area (Å²) in [6.45, 7) is 7.72. The number of hydrogen-bond acceptors (Lipinski definition) is 2. The van der Waals surface area contributed by atoms with Crippen molar-refractivity contribution in [1.29, 1.82) is 0 Å². The van der Waals surface area contributed by atoms with Gasteiger partial charge in [-0.1, -0.05) is 31.2 Å². The average Bonchev–Trinajstić information content (AvgIpc) is 2.48. The molecule has 3 heteroatoms. The highest BCUT2D eigenvalue weighted by Gasteiger charge is 2.10. The lowest BCUT2D eigenvalue weighted by Gasteiger charge is -2.26. The lowest BCUT2D eigenvalue weighted by molar-refractivity contribution is 0.0946. The van der Waals surface area contributed by atoms with Crippen molar-refractivity contribution in [3.63, 3.8) is 0 Å². The lowest BCUT2D eigenvalue weighted by Crippen LogP contribution is -2.37. The van der Waals surface area contributed by atoms with Gasteiger partial charge in [-0.2, -0.15) is 0 Å². The Kier molecular flexibility index (Phi) is 5.16. The topological polar surface area (TPSA) is 32.3 Å². The number of piperidine rings is 1. The van der Waals surface area contributed by atoms with Crippen molar-refractivity contribution in [2.75, 3.05) is 26.2 Å². The minimum Gasteiger partial charge on any atom is -0.351 e. The number of hydrogen-bond donors (Lipinski definition) is 1. The van der Waals surface area contributed by atoms with Crippen molar-refractivity contribution in [3.05, 3.63) is 42.0 Å². The Bertz CT molecular complexity index is 436. The summed E-state index contributed by atoms with van der Waals surface area (Å²) in [5, 5.41) is 2.98. The molecule has 1 N–H and O–H groups in total. The molecule has 1 saturated heterocycles. The SMILES string of the molecule is C=Cc1cccc(C(=O)NCCN2CCCCC2)c1. The fourth-order valence-electron chi connectivity index (χ4n) is 2.42. The van der Waals surface area contributed by atoms with Crippen LogP contribution in [0.4, 0.5) is 0 Å². The van der Waals surface area contributed by atoms with Gasteiger partial charge in [-0.15, -0.1) is 0 Å². The summed E-state index contributed by atoms with van der Waals surface area (Å²) < 4.78 is 0. The predicted molar refractivity (Wildman–Crippen MR) is 79.2 cm³/mol. The normalized spacial score (nSPS) is 16.0. The van der Waals surface area contributed by atoms with Gasteiger partial charge in [-0.25, -0.2) is 0 Å². The molecule has 0 aromatic heterocycles. The Morgan fingerprint density at radius 3 is 2.84 bits per heavy atom. The Morgan fingerprint density at radius 2 is 2.11 bits per heavy atom. The quantitative estimate of drug-likeness (QED) is 0.880. The van der Waals surface area contributed by atoms with Crippen LogP contribution in [0.1, 0.15) is 35.2 Å². The van der Waals surface area contributed by atoms with Gasteiger partial charge in [0.25, 0.3) is 5.91 Å². The zero-order chi connectivity index (χ0) is 13.5. The van der Waals surface area contributed by atoms with E-state index in [1.165, 1.54) is 32.4 Å². The Labute approximate surface area is 115 Å². The van der Waals surface area contributed by atoms with Gasteiger partial charge in [0.2, 0.25) is 0 Å². The molecule has 1 amide bonds. The average molecular weight is 258 g/mol. The molecule has 0 bridgehead atoms. The summed E-state index contributed by atoms with van der Waals surface area (Å²) in [5.74, 6) is 0.000657.